The molecule has 2 aromatic carbocycles. The number of likely N-dealkylation sites (N-methyl/N-ethyl adjacent to an activating group) is 1. The molecule has 5 nitrogen and oxygen atoms in total. The largest absolute Gasteiger partial charge is 0.477 e. The smallest absolute Gasteiger partial charge is 0.262 e. The molecule has 0 fully saturated rings. The molecule has 0 aliphatic carbocycles. The van der Waals surface area contributed by atoms with Crippen LogP contribution in [-0.4, -0.2) is 31.5 Å². The van der Waals surface area contributed by atoms with E-state index in [2.05, 4.69) is 5.32 Å². The molecular weight excluding hydrogens is 387 g/mol. The maximum Gasteiger partial charge on any atom is 0.262 e. The van der Waals surface area contributed by atoms with Crippen molar-refractivity contribution >= 4 is 17.5 Å². The number of para-hydroxylation sites is 2. The highest BCUT2D eigenvalue weighted by atomic mass is 19.2. The van der Waals surface area contributed by atoms with Gasteiger partial charge in [0, 0.05) is 12.6 Å². The van der Waals surface area contributed by atoms with E-state index in [-0.39, 0.29) is 18.0 Å². The summed E-state index contributed by atoms with van der Waals surface area (Å²) in [6.07, 6.45) is -2.21. The van der Waals surface area contributed by atoms with Gasteiger partial charge in [-0.3, -0.25) is 9.59 Å². The average molecular weight is 400 g/mol. The molecule has 0 radical (unpaired) electrons. The van der Waals surface area contributed by atoms with Crippen molar-refractivity contribution in [3.8, 4) is 5.75 Å². The summed E-state index contributed by atoms with van der Waals surface area (Å²) < 4.78 is 73.3. The Hall–Kier alpha value is -3.17. The fourth-order valence-corrected chi connectivity index (χ4v) is 2.82. The Bertz CT molecular complexity index is 937. The van der Waals surface area contributed by atoms with Crippen LogP contribution in [-0.2, 0) is 16.0 Å². The lowest BCUT2D eigenvalue weighted by Crippen LogP contribution is -2.50. The van der Waals surface area contributed by atoms with Gasteiger partial charge < -0.3 is 15.0 Å². The van der Waals surface area contributed by atoms with Crippen LogP contribution < -0.4 is 15.0 Å². The van der Waals surface area contributed by atoms with Gasteiger partial charge in [-0.05, 0) is 12.1 Å². The number of amides is 2. The Balaban J connectivity index is 1.98. The van der Waals surface area contributed by atoms with E-state index in [1.165, 1.54) is 19.2 Å². The Kier molecular flexibility index (Phi) is 5.21. The maximum absolute atomic E-state index is 13.9. The van der Waals surface area contributed by atoms with Crippen LogP contribution in [0, 0.1) is 29.1 Å². The molecule has 10 heteroatoms. The number of ether oxygens (including phenoxy) is 1. The van der Waals surface area contributed by atoms with Crippen molar-refractivity contribution in [2.24, 2.45) is 0 Å². The first-order valence-corrected chi connectivity index (χ1v) is 8.04. The lowest BCUT2D eigenvalue weighted by molar-refractivity contribution is -0.127. The fraction of sp³-hybridized carbons (Fsp3) is 0.222. The molecule has 1 atom stereocenters. The number of carbonyl (C=O) groups is 2. The lowest BCUT2D eigenvalue weighted by atomic mass is 10.1. The van der Waals surface area contributed by atoms with Gasteiger partial charge in [0.1, 0.15) is 5.75 Å². The van der Waals surface area contributed by atoms with Crippen LogP contribution in [0.25, 0.3) is 0 Å². The zero-order valence-corrected chi connectivity index (χ0v) is 14.4. The fourth-order valence-electron chi connectivity index (χ4n) is 2.82. The summed E-state index contributed by atoms with van der Waals surface area (Å²) >= 11 is 0. The van der Waals surface area contributed by atoms with E-state index >= 15 is 0 Å². The highest BCUT2D eigenvalue weighted by molar-refractivity contribution is 5.98. The van der Waals surface area contributed by atoms with E-state index in [4.69, 9.17) is 4.74 Å². The zero-order valence-electron chi connectivity index (χ0n) is 14.4. The molecule has 28 heavy (non-hydrogen) atoms. The topological polar surface area (TPSA) is 58.6 Å². The molecule has 2 amide bonds. The SMILES string of the molecule is CNC(=O)C1CN(C(=O)Cc2c(F)c(F)c(F)c(F)c2F)c2ccccc2O1. The van der Waals surface area contributed by atoms with Gasteiger partial charge in [0.05, 0.1) is 18.7 Å². The number of nitrogens with zero attached hydrogens (tertiary/aromatic N) is 1. The van der Waals surface area contributed by atoms with Crippen molar-refractivity contribution in [3.63, 3.8) is 0 Å². The molecule has 0 saturated heterocycles. The van der Waals surface area contributed by atoms with Crippen LogP contribution >= 0.6 is 0 Å². The minimum Gasteiger partial charge on any atom is -0.477 e. The molecule has 0 spiro atoms. The van der Waals surface area contributed by atoms with Crippen molar-refractivity contribution in [1.29, 1.82) is 0 Å². The second-order valence-corrected chi connectivity index (χ2v) is 5.92. The number of hydrogen-bond acceptors (Lipinski definition) is 3. The van der Waals surface area contributed by atoms with Crippen LogP contribution in [0.15, 0.2) is 24.3 Å². The third kappa shape index (κ3) is 3.25. The van der Waals surface area contributed by atoms with Crippen molar-refractivity contribution in [2.75, 3.05) is 18.5 Å². The number of benzene rings is 2. The van der Waals surface area contributed by atoms with Crippen molar-refractivity contribution in [1.82, 2.24) is 5.32 Å². The molecule has 0 bridgehead atoms. The molecule has 148 valence electrons. The number of halogens is 5. The van der Waals surface area contributed by atoms with Gasteiger partial charge in [-0.2, -0.15) is 0 Å². The number of hydrogen-bond donors (Lipinski definition) is 1. The van der Waals surface area contributed by atoms with E-state index < -0.39 is 59.0 Å². The van der Waals surface area contributed by atoms with Gasteiger partial charge in [0.25, 0.3) is 5.91 Å². The summed E-state index contributed by atoms with van der Waals surface area (Å²) in [7, 11) is 1.35. The van der Waals surface area contributed by atoms with E-state index in [1.54, 1.807) is 12.1 Å². The standard InChI is InChI=1S/C18H13F5N2O3/c1-24-18(27)11-7-25(9-4-2-3-5-10(9)28-11)12(26)6-8-13(19)15(21)17(23)16(22)14(8)20/h2-5,11H,6-7H2,1H3,(H,24,27). The molecule has 1 N–H and O–H groups in total. The molecule has 1 unspecified atom stereocenters. The summed E-state index contributed by atoms with van der Waals surface area (Å²) in [6.45, 7) is -0.301. The van der Waals surface area contributed by atoms with Gasteiger partial charge in [-0.15, -0.1) is 0 Å². The second-order valence-electron chi connectivity index (χ2n) is 5.92. The zero-order chi connectivity index (χ0) is 20.6. The van der Waals surface area contributed by atoms with Crippen LogP contribution in [0.4, 0.5) is 27.6 Å². The molecule has 1 aliphatic rings. The van der Waals surface area contributed by atoms with Gasteiger partial charge >= 0.3 is 0 Å². The maximum atomic E-state index is 13.9. The summed E-state index contributed by atoms with van der Waals surface area (Å²) in [5.74, 6) is -12.1. The monoisotopic (exact) mass is 400 g/mol. The van der Waals surface area contributed by atoms with Gasteiger partial charge in [0.15, 0.2) is 29.4 Å². The van der Waals surface area contributed by atoms with Crippen LogP contribution in [0.5, 0.6) is 5.75 Å². The highest BCUT2D eigenvalue weighted by Gasteiger charge is 2.35. The van der Waals surface area contributed by atoms with Crippen LogP contribution in [0.1, 0.15) is 5.56 Å². The number of fused-ring (bicyclic) bond motifs is 1. The first kappa shape index (κ1) is 19.6. The van der Waals surface area contributed by atoms with Gasteiger partial charge in [-0.25, -0.2) is 22.0 Å². The molecule has 0 saturated carbocycles. The molecule has 1 heterocycles. The normalized spacial score (nSPS) is 15.6. The first-order valence-electron chi connectivity index (χ1n) is 8.04. The van der Waals surface area contributed by atoms with Gasteiger partial charge in [0.2, 0.25) is 11.7 Å². The van der Waals surface area contributed by atoms with E-state index in [1.807, 2.05) is 0 Å². The van der Waals surface area contributed by atoms with Crippen molar-refractivity contribution < 1.29 is 36.3 Å². The predicted octanol–water partition coefficient (Wildman–Crippen LogP) is 2.46. The van der Waals surface area contributed by atoms with Crippen molar-refractivity contribution in [2.45, 2.75) is 12.5 Å². The molecule has 0 aromatic heterocycles. The number of rotatable bonds is 3. The molecule has 1 aliphatic heterocycles. The van der Waals surface area contributed by atoms with E-state index in [0.717, 1.165) is 4.90 Å². The molecule has 3 rings (SSSR count). The van der Waals surface area contributed by atoms with E-state index in [9.17, 15) is 31.5 Å². The Morgan fingerprint density at radius 1 is 1.04 bits per heavy atom. The lowest BCUT2D eigenvalue weighted by Gasteiger charge is -2.34. The second kappa shape index (κ2) is 7.45. The van der Waals surface area contributed by atoms with Crippen LogP contribution in [0.3, 0.4) is 0 Å². The number of carbonyl (C=O) groups excluding carboxylic acids is 2. The quantitative estimate of drug-likeness (QED) is 0.489. The van der Waals surface area contributed by atoms with E-state index in [0.29, 0.717) is 0 Å². The Labute approximate surface area is 155 Å². The third-order valence-corrected chi connectivity index (χ3v) is 4.24. The summed E-state index contributed by atoms with van der Waals surface area (Å²) in [6, 6.07) is 6.08. The molecule has 2 aromatic rings. The minimum absolute atomic E-state index is 0.160. The average Bonchev–Trinajstić information content (AvgIpc) is 2.72. The summed E-state index contributed by atoms with van der Waals surface area (Å²) in [4.78, 5) is 25.6. The van der Waals surface area contributed by atoms with Gasteiger partial charge in [-0.1, -0.05) is 12.1 Å². The van der Waals surface area contributed by atoms with Crippen molar-refractivity contribution in [3.05, 3.63) is 58.9 Å². The Morgan fingerprint density at radius 3 is 2.21 bits per heavy atom. The summed E-state index contributed by atoms with van der Waals surface area (Å²) in [5.41, 5.74) is -1.04. The Morgan fingerprint density at radius 2 is 1.61 bits per heavy atom. The third-order valence-electron chi connectivity index (χ3n) is 4.24. The highest BCUT2D eigenvalue weighted by Crippen LogP contribution is 2.34. The summed E-state index contributed by atoms with van der Waals surface area (Å²) in [5, 5.41) is 2.35. The number of nitrogens with one attached hydrogen (secondary N) is 1. The minimum atomic E-state index is -2.30. The predicted molar refractivity (Wildman–Crippen MR) is 87.2 cm³/mol. The molecular formula is C18H13F5N2O3. The first-order chi connectivity index (χ1) is 13.3. The number of anilines is 1. The van der Waals surface area contributed by atoms with Crippen LogP contribution in [0.2, 0.25) is 0 Å².